The molecule has 11 nitrogen and oxygen atoms in total. The van der Waals surface area contributed by atoms with Crippen molar-refractivity contribution in [2.24, 2.45) is 17.8 Å². The number of benzene rings is 1. The summed E-state index contributed by atoms with van der Waals surface area (Å²) in [6.07, 6.45) is 2.00. The van der Waals surface area contributed by atoms with Gasteiger partial charge >= 0.3 is 5.97 Å². The number of furan rings is 1. The molecule has 2 atom stereocenters. The van der Waals surface area contributed by atoms with Crippen molar-refractivity contribution in [3.8, 4) is 0 Å². The van der Waals surface area contributed by atoms with Crippen molar-refractivity contribution in [1.29, 1.82) is 0 Å². The monoisotopic (exact) mass is 648 g/mol. The number of anilines is 1. The molecule has 1 aromatic carbocycles. The zero-order chi connectivity index (χ0) is 31.9. The molecule has 5 rings (SSSR count). The van der Waals surface area contributed by atoms with Crippen molar-refractivity contribution < 1.29 is 32.3 Å². The van der Waals surface area contributed by atoms with Crippen molar-refractivity contribution in [1.82, 2.24) is 14.1 Å². The van der Waals surface area contributed by atoms with E-state index in [-0.39, 0.29) is 51.5 Å². The van der Waals surface area contributed by atoms with Crippen LogP contribution in [0.4, 0.5) is 5.69 Å². The molecule has 1 N–H and O–H groups in total. The third-order valence-electron chi connectivity index (χ3n) is 9.42. The quantitative estimate of drug-likeness (QED) is 0.435. The Kier molecular flexibility index (Phi) is 9.46. The van der Waals surface area contributed by atoms with Gasteiger partial charge < -0.3 is 24.2 Å². The average molecular weight is 649 g/mol. The van der Waals surface area contributed by atoms with E-state index in [0.717, 1.165) is 37.3 Å². The predicted molar refractivity (Wildman–Crippen MR) is 165 cm³/mol. The maximum Gasteiger partial charge on any atom is 0.340 e. The highest BCUT2D eigenvalue weighted by molar-refractivity contribution is 7.89. The first-order valence-electron chi connectivity index (χ1n) is 15.2. The lowest BCUT2D eigenvalue weighted by molar-refractivity contribution is -0.133. The van der Waals surface area contributed by atoms with E-state index < -0.39 is 16.0 Å². The minimum absolute atomic E-state index is 0.0332. The number of aryl methyl sites for hydroxylation is 3. The molecule has 0 spiro atoms. The van der Waals surface area contributed by atoms with E-state index in [1.54, 1.807) is 11.8 Å². The Morgan fingerprint density at radius 1 is 1.02 bits per heavy atom. The fourth-order valence-corrected chi connectivity index (χ4v) is 9.11. The third kappa shape index (κ3) is 6.40. The van der Waals surface area contributed by atoms with Crippen LogP contribution in [0.2, 0.25) is 5.02 Å². The number of nitrogens with zero attached hydrogens (tertiary/aromatic N) is 4. The molecule has 44 heavy (non-hydrogen) atoms. The summed E-state index contributed by atoms with van der Waals surface area (Å²) in [6, 6.07) is 5.69. The predicted octanol–water partition coefficient (Wildman–Crippen LogP) is 3.79. The smallest absolute Gasteiger partial charge is 0.340 e. The molecule has 2 aromatic rings. The zero-order valence-electron chi connectivity index (χ0n) is 25.7. The summed E-state index contributed by atoms with van der Waals surface area (Å²) in [4.78, 5) is 43.0. The molecule has 240 valence electrons. The number of carbonyl (C=O) groups excluding carboxylic acids is 2. The summed E-state index contributed by atoms with van der Waals surface area (Å²) < 4.78 is 33.8. The van der Waals surface area contributed by atoms with Gasteiger partial charge in [0.25, 0.3) is 0 Å². The van der Waals surface area contributed by atoms with Gasteiger partial charge in [-0.2, -0.15) is 4.31 Å². The first kappa shape index (κ1) is 32.5. The summed E-state index contributed by atoms with van der Waals surface area (Å²) in [5.41, 5.74) is 1.42. The van der Waals surface area contributed by atoms with Gasteiger partial charge in [0.05, 0.1) is 0 Å². The Morgan fingerprint density at radius 2 is 1.66 bits per heavy atom. The summed E-state index contributed by atoms with van der Waals surface area (Å²) in [5, 5.41) is 10.2. The molecular weight excluding hydrogens is 608 g/mol. The van der Waals surface area contributed by atoms with Gasteiger partial charge in [-0.1, -0.05) is 17.7 Å². The highest BCUT2D eigenvalue weighted by Crippen LogP contribution is 2.37. The zero-order valence-corrected chi connectivity index (χ0v) is 27.3. The normalized spacial score (nSPS) is 21.5. The number of likely N-dealkylation sites (tertiary alicyclic amines) is 2. The van der Waals surface area contributed by atoms with E-state index >= 15 is 0 Å². The maximum atomic E-state index is 13.8. The number of piperidine rings is 1. The van der Waals surface area contributed by atoms with Gasteiger partial charge in [-0.15, -0.1) is 0 Å². The first-order valence-corrected chi connectivity index (χ1v) is 17.0. The maximum absolute atomic E-state index is 13.8. The summed E-state index contributed by atoms with van der Waals surface area (Å²) in [6.45, 7) is 11.0. The molecule has 2 unspecified atom stereocenters. The van der Waals surface area contributed by atoms with Gasteiger partial charge in [-0.25, -0.2) is 13.2 Å². The second-order valence-corrected chi connectivity index (χ2v) is 14.7. The number of carboxylic acids is 1. The number of fused-ring (bicyclic) bond motifs is 1. The number of hydrogen-bond donors (Lipinski definition) is 1. The largest absolute Gasteiger partial charge is 0.478 e. The van der Waals surface area contributed by atoms with Crippen LogP contribution in [0.1, 0.15) is 53.6 Å². The second kappa shape index (κ2) is 12.8. The number of carboxylic acid groups (broad SMARTS) is 1. The summed E-state index contributed by atoms with van der Waals surface area (Å²) >= 11 is 6.44. The Labute approximate surface area is 263 Å². The van der Waals surface area contributed by atoms with Crippen LogP contribution in [-0.4, -0.2) is 97.8 Å². The number of hydrogen-bond acceptors (Lipinski definition) is 7. The first-order chi connectivity index (χ1) is 20.8. The van der Waals surface area contributed by atoms with Gasteiger partial charge in [-0.3, -0.25) is 9.59 Å². The lowest BCUT2D eigenvalue weighted by Crippen LogP contribution is -2.44. The van der Waals surface area contributed by atoms with Crippen LogP contribution in [0, 0.1) is 38.5 Å². The highest BCUT2D eigenvalue weighted by Gasteiger charge is 2.46. The minimum Gasteiger partial charge on any atom is -0.478 e. The molecule has 13 heteroatoms. The number of carbonyl (C=O) groups is 3. The van der Waals surface area contributed by atoms with E-state index in [1.165, 1.54) is 18.2 Å². The molecule has 4 heterocycles. The van der Waals surface area contributed by atoms with Gasteiger partial charge in [0.2, 0.25) is 21.8 Å². The van der Waals surface area contributed by atoms with E-state index in [0.29, 0.717) is 50.6 Å². The van der Waals surface area contributed by atoms with E-state index in [2.05, 4.69) is 4.90 Å². The van der Waals surface area contributed by atoms with E-state index in [9.17, 15) is 27.9 Å². The number of halogens is 1. The lowest BCUT2D eigenvalue weighted by atomic mass is 9.94. The Bertz CT molecular complexity index is 1540. The van der Waals surface area contributed by atoms with E-state index in [1.807, 2.05) is 30.0 Å². The highest BCUT2D eigenvalue weighted by atomic mass is 35.5. The standard InChI is InChI=1S/C31H41ClN4O7S/c1-19-6-7-26(14-27(19)32)36(30(38)23-8-12-34(13-9-23)22(4)37)11-5-10-33-15-24-17-35(18-25(24)16-33)44(41,42)29-21(3)43-20(2)28(29)31(39)40/h6-7,14,23-25H,5,8-13,15-18H2,1-4H3,(H,39,40). The number of amides is 2. The fraction of sp³-hybridized carbons (Fsp3) is 0.581. The van der Waals surface area contributed by atoms with Crippen LogP contribution in [0.15, 0.2) is 27.5 Å². The topological polar surface area (TPSA) is 132 Å². The Morgan fingerprint density at radius 3 is 2.23 bits per heavy atom. The van der Waals surface area contributed by atoms with Gasteiger partial charge in [-0.05, 0) is 76.1 Å². The molecule has 0 aliphatic carbocycles. The molecule has 3 aliphatic heterocycles. The SMILES string of the molecule is CC(=O)N1CCC(C(=O)N(CCCN2CC3CN(S(=O)(=O)c4c(C)oc(C)c4C(=O)O)CC3C2)c2ccc(C)c(Cl)c2)CC1. The summed E-state index contributed by atoms with van der Waals surface area (Å²) in [5.74, 6) is -0.917. The van der Waals surface area contributed by atoms with Crippen LogP contribution in [-0.2, 0) is 19.6 Å². The van der Waals surface area contributed by atoms with Crippen molar-refractivity contribution in [2.75, 3.05) is 57.3 Å². The third-order valence-corrected chi connectivity index (χ3v) is 11.8. The number of aromatic carboxylic acids is 1. The molecule has 0 saturated carbocycles. The summed E-state index contributed by atoms with van der Waals surface area (Å²) in [7, 11) is -4.01. The van der Waals surface area contributed by atoms with Crippen molar-refractivity contribution in [3.05, 3.63) is 45.9 Å². The molecule has 0 radical (unpaired) electrons. The van der Waals surface area contributed by atoms with Gasteiger partial charge in [0, 0.05) is 69.4 Å². The molecular formula is C31H41ClN4O7S. The van der Waals surface area contributed by atoms with Crippen molar-refractivity contribution in [3.63, 3.8) is 0 Å². The van der Waals surface area contributed by atoms with E-state index in [4.69, 9.17) is 16.0 Å². The molecule has 0 bridgehead atoms. The fourth-order valence-electron chi connectivity index (χ4n) is 7.01. The van der Waals surface area contributed by atoms with Crippen LogP contribution in [0.3, 0.4) is 0 Å². The van der Waals surface area contributed by atoms with Gasteiger partial charge in [0.15, 0.2) is 0 Å². The van der Waals surface area contributed by atoms with Crippen LogP contribution < -0.4 is 4.90 Å². The number of rotatable bonds is 9. The minimum atomic E-state index is -4.01. The lowest BCUT2D eigenvalue weighted by Gasteiger charge is -2.34. The van der Waals surface area contributed by atoms with Crippen LogP contribution >= 0.6 is 11.6 Å². The number of sulfonamides is 1. The van der Waals surface area contributed by atoms with Crippen LogP contribution in [0.25, 0.3) is 0 Å². The second-order valence-electron chi connectivity index (χ2n) is 12.4. The Balaban J connectivity index is 1.20. The molecule has 3 saturated heterocycles. The molecule has 1 aromatic heterocycles. The van der Waals surface area contributed by atoms with Crippen LogP contribution in [0.5, 0.6) is 0 Å². The molecule has 3 aliphatic rings. The average Bonchev–Trinajstić information content (AvgIpc) is 3.63. The van der Waals surface area contributed by atoms with Crippen molar-refractivity contribution in [2.45, 2.75) is 51.9 Å². The van der Waals surface area contributed by atoms with Crippen molar-refractivity contribution >= 4 is 45.1 Å². The Hall–Kier alpha value is -2.93. The molecule has 2 amide bonds. The molecule has 3 fully saturated rings. The van der Waals surface area contributed by atoms with Gasteiger partial charge in [0.1, 0.15) is 22.0 Å².